The van der Waals surface area contributed by atoms with Crippen LogP contribution in [0.25, 0.3) is 5.70 Å². The molecular weight excluding hydrogens is 627 g/mol. The van der Waals surface area contributed by atoms with Crippen molar-refractivity contribution >= 4 is 48.6 Å². The van der Waals surface area contributed by atoms with Crippen LogP contribution < -0.4 is 5.32 Å². The number of carbonyl (C=O) groups excluding carboxylic acids is 1. The summed E-state index contributed by atoms with van der Waals surface area (Å²) in [6.07, 6.45) is 0.128. The molecule has 1 aliphatic rings. The molecule has 1 aromatic carbocycles. The largest absolute Gasteiger partial charge is 0.416 e. The molecule has 0 unspecified atom stereocenters. The van der Waals surface area contributed by atoms with E-state index >= 15 is 0 Å². The first-order valence-electron chi connectivity index (χ1n) is 10.8. The maximum absolute atomic E-state index is 13.4. The van der Waals surface area contributed by atoms with Gasteiger partial charge in [0, 0.05) is 11.1 Å². The van der Waals surface area contributed by atoms with Crippen molar-refractivity contribution in [3.05, 3.63) is 77.0 Å². The van der Waals surface area contributed by atoms with Gasteiger partial charge in [-0.2, -0.15) is 17.5 Å². The van der Waals surface area contributed by atoms with E-state index in [9.17, 15) is 30.8 Å². The van der Waals surface area contributed by atoms with Crippen LogP contribution in [0.15, 0.2) is 72.2 Å². The molecule has 37 heavy (non-hydrogen) atoms. The Hall–Kier alpha value is -2.52. The van der Waals surface area contributed by atoms with Crippen molar-refractivity contribution in [2.45, 2.75) is 39.4 Å². The molecule has 0 aliphatic carbocycles. The summed E-state index contributed by atoms with van der Waals surface area (Å²) in [5.74, 6) is -1.30. The first kappa shape index (κ1) is 30.7. The second kappa shape index (κ2) is 12.3. The third-order valence-corrected chi connectivity index (χ3v) is 8.74. The Bertz CT molecular complexity index is 1290. The predicted octanol–water partition coefficient (Wildman–Crippen LogP) is 6.06. The number of benzene rings is 1. The van der Waals surface area contributed by atoms with Crippen LogP contribution in [0, 0.1) is 0 Å². The maximum atomic E-state index is 13.4. The second-order valence-corrected chi connectivity index (χ2v) is 12.3. The van der Waals surface area contributed by atoms with Crippen LogP contribution in [-0.2, 0) is 21.0 Å². The van der Waals surface area contributed by atoms with Gasteiger partial charge in [0.25, 0.3) is 0 Å². The number of rotatable bonds is 9. The van der Waals surface area contributed by atoms with E-state index in [1.165, 1.54) is 19.1 Å². The van der Waals surface area contributed by atoms with E-state index in [0.29, 0.717) is 17.0 Å². The van der Waals surface area contributed by atoms with Crippen LogP contribution in [0.2, 0.25) is 0 Å². The molecule has 1 aromatic rings. The third-order valence-electron chi connectivity index (χ3n) is 4.96. The lowest BCUT2D eigenvalue weighted by molar-refractivity contribution is -0.137. The summed E-state index contributed by atoms with van der Waals surface area (Å²) in [5.41, 5.74) is -0.319. The molecule has 0 aromatic heterocycles. The zero-order valence-electron chi connectivity index (χ0n) is 20.6. The van der Waals surface area contributed by atoms with Crippen LogP contribution in [0.3, 0.4) is 0 Å². The van der Waals surface area contributed by atoms with E-state index < -0.39 is 66.9 Å². The van der Waals surface area contributed by atoms with Gasteiger partial charge in [-0.3, -0.25) is 4.79 Å². The highest BCUT2D eigenvalue weighted by Crippen LogP contribution is 2.31. The summed E-state index contributed by atoms with van der Waals surface area (Å²) in [6, 6.07) is 4.58. The van der Waals surface area contributed by atoms with Gasteiger partial charge in [-0.1, -0.05) is 18.7 Å². The summed E-state index contributed by atoms with van der Waals surface area (Å²) >= 11 is -1.02. The Morgan fingerprint density at radius 2 is 1.78 bits per heavy atom. The van der Waals surface area contributed by atoms with Crippen molar-refractivity contribution in [3.8, 4) is 0 Å². The van der Waals surface area contributed by atoms with Gasteiger partial charge >= 0.3 is 6.18 Å². The molecule has 13 heteroatoms. The molecule has 0 saturated heterocycles. The SMILES string of the molecule is C=C/C(F)=C\C=C(/C)S(=O)(=O)N(CC(=O)NCC1=NI=NC(c2ccc(C(F)(F)F)cc2)=C1)C(C)(C)C. The molecule has 0 atom stereocenters. The van der Waals surface area contributed by atoms with Crippen LogP contribution in [0.4, 0.5) is 17.6 Å². The molecule has 0 saturated carbocycles. The monoisotopic (exact) mass is 654 g/mol. The molecule has 2 rings (SSSR count). The van der Waals surface area contributed by atoms with Crippen LogP contribution >= 0.6 is 21.3 Å². The smallest absolute Gasteiger partial charge is 0.349 e. The van der Waals surface area contributed by atoms with E-state index in [1.54, 1.807) is 26.8 Å². The molecule has 0 spiro atoms. The average molecular weight is 654 g/mol. The number of hydrogen-bond acceptors (Lipinski definition) is 5. The summed E-state index contributed by atoms with van der Waals surface area (Å²) in [5, 5.41) is 2.63. The average Bonchev–Trinajstić information content (AvgIpc) is 2.83. The number of hydrogen-bond donors (Lipinski definition) is 1. The Morgan fingerprint density at radius 3 is 2.32 bits per heavy atom. The van der Waals surface area contributed by atoms with E-state index in [0.717, 1.165) is 34.7 Å². The summed E-state index contributed by atoms with van der Waals surface area (Å²) in [6.45, 7) is 8.94. The van der Waals surface area contributed by atoms with E-state index in [4.69, 9.17) is 0 Å². The topological polar surface area (TPSA) is 91.2 Å². The minimum Gasteiger partial charge on any atom is -0.349 e. The van der Waals surface area contributed by atoms with Gasteiger partial charge < -0.3 is 5.32 Å². The standard InChI is InChI=1S/C24H27F4IN4O3S/c1-6-19(25)12-7-16(2)37(35,36)33(23(3,4)5)15-22(34)30-14-20-13-21(32-29-31-20)17-8-10-18(11-9-17)24(26,27)28/h6-13H,1,14-15H2,2-5H3,(H,30,34)/b16-7+,19-12+. The number of amides is 1. The molecule has 0 fully saturated rings. The molecule has 1 N–H and O–H groups in total. The highest BCUT2D eigenvalue weighted by atomic mass is 127. The van der Waals surface area contributed by atoms with Gasteiger partial charge in [0.1, 0.15) is 27.1 Å². The minimum absolute atomic E-state index is 0.0155. The normalized spacial score (nSPS) is 15.6. The van der Waals surface area contributed by atoms with Crippen molar-refractivity contribution < 1.29 is 30.8 Å². The lowest BCUT2D eigenvalue weighted by Crippen LogP contribution is -2.50. The van der Waals surface area contributed by atoms with Crippen molar-refractivity contribution in [2.24, 2.45) is 6.35 Å². The lowest BCUT2D eigenvalue weighted by Gasteiger charge is -2.34. The van der Waals surface area contributed by atoms with Gasteiger partial charge in [0.05, 0.1) is 35.0 Å². The second-order valence-electron chi connectivity index (χ2n) is 8.83. The Kier molecular flexibility index (Phi) is 10.2. The fourth-order valence-corrected chi connectivity index (χ4v) is 5.88. The predicted molar refractivity (Wildman–Crippen MR) is 145 cm³/mol. The van der Waals surface area contributed by atoms with Crippen molar-refractivity contribution in [1.82, 2.24) is 9.62 Å². The lowest BCUT2D eigenvalue weighted by atomic mass is 10.1. The number of nitrogens with one attached hydrogen (secondary N) is 1. The summed E-state index contributed by atoms with van der Waals surface area (Å²) < 4.78 is 87.6. The number of sulfonamides is 1. The van der Waals surface area contributed by atoms with Gasteiger partial charge in [0.2, 0.25) is 15.9 Å². The quantitative estimate of drug-likeness (QED) is 0.200. The van der Waals surface area contributed by atoms with Crippen LogP contribution in [0.1, 0.15) is 38.8 Å². The molecule has 0 radical (unpaired) electrons. The number of nitrogens with zero attached hydrogens (tertiary/aromatic N) is 3. The Morgan fingerprint density at radius 1 is 1.16 bits per heavy atom. The van der Waals surface area contributed by atoms with E-state index in [-0.39, 0.29) is 11.4 Å². The number of alkyl halides is 3. The number of allylic oxidation sites excluding steroid dienone is 5. The van der Waals surface area contributed by atoms with Gasteiger partial charge in [-0.15, -0.1) is 0 Å². The van der Waals surface area contributed by atoms with Crippen molar-refractivity contribution in [3.63, 3.8) is 0 Å². The van der Waals surface area contributed by atoms with Crippen molar-refractivity contribution in [1.29, 1.82) is 0 Å². The van der Waals surface area contributed by atoms with Gasteiger partial charge in [0.15, 0.2) is 0 Å². The molecule has 1 aliphatic heterocycles. The maximum Gasteiger partial charge on any atom is 0.416 e. The zero-order chi connectivity index (χ0) is 28.0. The highest BCUT2D eigenvalue weighted by molar-refractivity contribution is 14.1. The first-order chi connectivity index (χ1) is 17.1. The van der Waals surface area contributed by atoms with E-state index in [1.807, 2.05) is 0 Å². The molecule has 1 heterocycles. The molecular formula is C24H27F4IN4O3S. The highest BCUT2D eigenvalue weighted by Gasteiger charge is 2.35. The third kappa shape index (κ3) is 8.78. The fraction of sp³-hybridized carbons (Fsp3) is 0.333. The number of carbonyl (C=O) groups is 1. The first-order valence-corrected chi connectivity index (χ1v) is 14.2. The molecule has 0 bridgehead atoms. The van der Waals surface area contributed by atoms with E-state index in [2.05, 4.69) is 18.2 Å². The Labute approximate surface area is 224 Å². The number of halogens is 5. The van der Waals surface area contributed by atoms with Gasteiger partial charge in [-0.25, -0.2) is 19.2 Å². The summed E-state index contributed by atoms with van der Waals surface area (Å²) in [7, 11) is -4.10. The Balaban J connectivity index is 2.13. The van der Waals surface area contributed by atoms with Crippen molar-refractivity contribution in [2.75, 3.05) is 13.1 Å². The fourth-order valence-electron chi connectivity index (χ4n) is 2.94. The minimum atomic E-state index is -4.44. The molecule has 202 valence electrons. The van der Waals surface area contributed by atoms with Crippen LogP contribution in [-0.4, -0.2) is 43.0 Å². The zero-order valence-corrected chi connectivity index (χ0v) is 23.6. The molecule has 1 amide bonds. The van der Waals surface area contributed by atoms with Crippen LogP contribution in [0.5, 0.6) is 0 Å². The van der Waals surface area contributed by atoms with Gasteiger partial charge in [-0.05, 0) is 64.1 Å². The summed E-state index contributed by atoms with van der Waals surface area (Å²) in [4.78, 5) is 12.5. The molecule has 7 nitrogen and oxygen atoms in total.